The molecule has 0 radical (unpaired) electrons. The fourth-order valence-corrected chi connectivity index (χ4v) is 2.09. The lowest BCUT2D eigenvalue weighted by Crippen LogP contribution is -2.43. The number of nitrogens with zero attached hydrogens (tertiary/aromatic N) is 1. The van der Waals surface area contributed by atoms with Gasteiger partial charge in [-0.3, -0.25) is 0 Å². The number of aliphatic hydroxyl groups is 5. The molecule has 0 saturated carbocycles. The first-order chi connectivity index (χ1) is 8.31. The smallest absolute Gasteiger partial charge is 0.195 e. The Morgan fingerprint density at radius 2 is 1.89 bits per heavy atom. The lowest BCUT2D eigenvalue weighted by atomic mass is 9.99. The maximum absolute atomic E-state index is 10.1. The maximum Gasteiger partial charge on any atom is 0.195 e. The van der Waals surface area contributed by atoms with Crippen LogP contribution in [-0.4, -0.2) is 87.9 Å². The predicted molar refractivity (Wildman–Crippen MR) is 70.0 cm³/mol. The molecule has 0 aromatic rings. The van der Waals surface area contributed by atoms with Gasteiger partial charge in [0.2, 0.25) is 0 Å². The summed E-state index contributed by atoms with van der Waals surface area (Å²) in [7, 11) is 3.76. The number of aliphatic hydroxyl groups excluding tert-OH is 4. The van der Waals surface area contributed by atoms with Crippen molar-refractivity contribution >= 4 is 12.4 Å². The van der Waals surface area contributed by atoms with E-state index in [1.165, 1.54) is 0 Å². The van der Waals surface area contributed by atoms with E-state index in [4.69, 9.17) is 9.84 Å². The molecule has 0 spiro atoms. The molecule has 0 aromatic heterocycles. The summed E-state index contributed by atoms with van der Waals surface area (Å²) in [6.07, 6.45) is -4.73. The minimum absolute atomic E-state index is 0. The highest BCUT2D eigenvalue weighted by Gasteiger charge is 2.54. The van der Waals surface area contributed by atoms with E-state index in [-0.39, 0.29) is 18.8 Å². The van der Waals surface area contributed by atoms with Crippen LogP contribution in [-0.2, 0) is 4.74 Å². The summed E-state index contributed by atoms with van der Waals surface area (Å²) in [5.74, 6) is -1.88. The average molecular weight is 302 g/mol. The van der Waals surface area contributed by atoms with E-state index in [1.807, 2.05) is 19.0 Å². The third kappa shape index (κ3) is 4.51. The second kappa shape index (κ2) is 7.70. The summed E-state index contributed by atoms with van der Waals surface area (Å²) in [4.78, 5) is 1.92. The summed E-state index contributed by atoms with van der Waals surface area (Å²) in [6.45, 7) is 0.0872. The van der Waals surface area contributed by atoms with Gasteiger partial charge < -0.3 is 35.2 Å². The van der Waals surface area contributed by atoms with Gasteiger partial charge in [0.1, 0.15) is 24.4 Å². The lowest BCUT2D eigenvalue weighted by Gasteiger charge is -2.27. The summed E-state index contributed by atoms with van der Waals surface area (Å²) in [6, 6.07) is 0. The number of hydrogen-bond acceptors (Lipinski definition) is 7. The van der Waals surface area contributed by atoms with Crippen LogP contribution in [0.25, 0.3) is 0 Å². The molecule has 0 bridgehead atoms. The molecule has 8 heteroatoms. The van der Waals surface area contributed by atoms with E-state index in [9.17, 15) is 20.4 Å². The molecule has 1 heterocycles. The van der Waals surface area contributed by atoms with Crippen molar-refractivity contribution in [3.05, 3.63) is 0 Å². The minimum Gasteiger partial charge on any atom is -0.394 e. The number of rotatable bonds is 6. The first kappa shape index (κ1) is 19.0. The van der Waals surface area contributed by atoms with Crippen LogP contribution in [0.5, 0.6) is 0 Å². The summed E-state index contributed by atoms with van der Waals surface area (Å²) in [5.41, 5.74) is 0. The van der Waals surface area contributed by atoms with E-state index in [2.05, 4.69) is 0 Å². The van der Waals surface area contributed by atoms with Gasteiger partial charge in [0.05, 0.1) is 6.61 Å². The van der Waals surface area contributed by atoms with Crippen molar-refractivity contribution in [1.29, 1.82) is 0 Å². The van der Waals surface area contributed by atoms with E-state index in [0.717, 1.165) is 0 Å². The molecular weight excluding hydrogens is 278 g/mol. The van der Waals surface area contributed by atoms with Gasteiger partial charge in [0.15, 0.2) is 5.79 Å². The zero-order valence-corrected chi connectivity index (χ0v) is 12.0. The van der Waals surface area contributed by atoms with Gasteiger partial charge in [0, 0.05) is 6.42 Å². The fraction of sp³-hybridized carbons (Fsp3) is 1.00. The Hall–Kier alpha value is 0.01000. The van der Waals surface area contributed by atoms with Crippen molar-refractivity contribution in [3.8, 4) is 0 Å². The van der Waals surface area contributed by atoms with Crippen LogP contribution in [0.1, 0.15) is 12.8 Å². The molecule has 7 nitrogen and oxygen atoms in total. The molecule has 5 atom stereocenters. The van der Waals surface area contributed by atoms with E-state index >= 15 is 0 Å². The van der Waals surface area contributed by atoms with Crippen LogP contribution in [0.3, 0.4) is 0 Å². The van der Waals surface area contributed by atoms with Crippen molar-refractivity contribution < 1.29 is 30.3 Å². The zero-order chi connectivity index (χ0) is 13.9. The average Bonchev–Trinajstić information content (AvgIpc) is 2.53. The third-order valence-corrected chi connectivity index (χ3v) is 3.17. The SMILES string of the molecule is CN(C)CCCC1(O)O[C@H]([C@H](O)CO)[C@H](O)[C@H]1O.Cl. The third-order valence-electron chi connectivity index (χ3n) is 3.17. The van der Waals surface area contributed by atoms with Gasteiger partial charge in [-0.25, -0.2) is 0 Å². The van der Waals surface area contributed by atoms with Gasteiger partial charge in [-0.15, -0.1) is 12.4 Å². The highest BCUT2D eigenvalue weighted by Crippen LogP contribution is 2.34. The standard InChI is InChI=1S/C11H23NO6.ClH/c1-12(2)5-3-4-11(17)10(16)8(15)9(18-11)7(14)6-13;/h7-10,13-17H,3-6H2,1-2H3;1H/t7-,8+,9-,10-,11?;/m1./s1. The van der Waals surface area contributed by atoms with Gasteiger partial charge in [0.25, 0.3) is 0 Å². The molecule has 1 unspecified atom stereocenters. The molecule has 1 aliphatic rings. The highest BCUT2D eigenvalue weighted by atomic mass is 35.5. The Morgan fingerprint density at radius 1 is 1.32 bits per heavy atom. The highest BCUT2D eigenvalue weighted by molar-refractivity contribution is 5.85. The van der Waals surface area contributed by atoms with Crippen molar-refractivity contribution in [2.24, 2.45) is 0 Å². The van der Waals surface area contributed by atoms with Crippen LogP contribution >= 0.6 is 12.4 Å². The van der Waals surface area contributed by atoms with E-state index < -0.39 is 36.8 Å². The Labute approximate surface area is 118 Å². The first-order valence-corrected chi connectivity index (χ1v) is 6.02. The molecule has 1 aliphatic heterocycles. The first-order valence-electron chi connectivity index (χ1n) is 6.02. The molecule has 0 amide bonds. The van der Waals surface area contributed by atoms with Gasteiger partial charge in [-0.1, -0.05) is 0 Å². The molecule has 1 fully saturated rings. The normalized spacial score (nSPS) is 36.3. The fourth-order valence-electron chi connectivity index (χ4n) is 2.09. The Morgan fingerprint density at radius 3 is 2.37 bits per heavy atom. The van der Waals surface area contributed by atoms with Crippen molar-refractivity contribution in [2.75, 3.05) is 27.2 Å². The number of ether oxygens (including phenoxy) is 1. The van der Waals surface area contributed by atoms with E-state index in [1.54, 1.807) is 0 Å². The lowest BCUT2D eigenvalue weighted by molar-refractivity contribution is -0.242. The second-order valence-electron chi connectivity index (χ2n) is 5.02. The molecule has 1 saturated heterocycles. The van der Waals surface area contributed by atoms with Crippen molar-refractivity contribution in [2.45, 2.75) is 43.0 Å². The van der Waals surface area contributed by atoms with Crippen molar-refractivity contribution in [3.63, 3.8) is 0 Å². The molecule has 116 valence electrons. The Balaban J connectivity index is 0.00000324. The predicted octanol–water partition coefficient (Wildman–Crippen LogP) is -2.09. The Kier molecular flexibility index (Phi) is 7.71. The number of halogens is 1. The van der Waals surface area contributed by atoms with Crippen LogP contribution in [0, 0.1) is 0 Å². The van der Waals surface area contributed by atoms with Gasteiger partial charge in [-0.05, 0) is 27.1 Å². The monoisotopic (exact) mass is 301 g/mol. The quantitative estimate of drug-likeness (QED) is 0.382. The summed E-state index contributed by atoms with van der Waals surface area (Å²) >= 11 is 0. The molecule has 0 aliphatic carbocycles. The Bertz CT molecular complexity index is 270. The molecule has 5 N–H and O–H groups in total. The van der Waals surface area contributed by atoms with Crippen LogP contribution in [0.2, 0.25) is 0 Å². The molecular formula is C11H24ClNO6. The zero-order valence-electron chi connectivity index (χ0n) is 11.1. The van der Waals surface area contributed by atoms with Gasteiger partial charge >= 0.3 is 0 Å². The minimum atomic E-state index is -1.88. The topological polar surface area (TPSA) is 114 Å². The summed E-state index contributed by atoms with van der Waals surface area (Å²) < 4.78 is 5.13. The number of hydrogen-bond donors (Lipinski definition) is 5. The summed E-state index contributed by atoms with van der Waals surface area (Å²) in [5, 5.41) is 47.8. The van der Waals surface area contributed by atoms with E-state index in [0.29, 0.717) is 13.0 Å². The maximum atomic E-state index is 10.1. The van der Waals surface area contributed by atoms with Gasteiger partial charge in [-0.2, -0.15) is 0 Å². The largest absolute Gasteiger partial charge is 0.394 e. The van der Waals surface area contributed by atoms with Crippen LogP contribution in [0.15, 0.2) is 0 Å². The molecule has 1 rings (SSSR count). The van der Waals surface area contributed by atoms with Crippen LogP contribution < -0.4 is 0 Å². The second-order valence-corrected chi connectivity index (χ2v) is 5.02. The molecule has 0 aromatic carbocycles. The molecule has 19 heavy (non-hydrogen) atoms. The van der Waals surface area contributed by atoms with Crippen molar-refractivity contribution in [1.82, 2.24) is 4.90 Å². The van der Waals surface area contributed by atoms with Crippen LogP contribution in [0.4, 0.5) is 0 Å².